The number of H-pyrrole nitrogens is 1. The molecule has 0 amide bonds. The number of methoxy groups -OCH3 is 1. The number of Topliss-reactive ketones (excluding diaryl/α,β-unsaturated/α-hetero) is 1. The Bertz CT molecular complexity index is 646. The first kappa shape index (κ1) is 13.4. The highest BCUT2D eigenvalue weighted by Gasteiger charge is 2.12. The molecular weight excluding hydrogens is 238 g/mol. The minimum absolute atomic E-state index is 0.0423. The average molecular weight is 257 g/mol. The minimum atomic E-state index is 0.0423. The van der Waals surface area contributed by atoms with Crippen molar-refractivity contribution < 1.29 is 9.53 Å². The molecule has 0 saturated carbocycles. The van der Waals surface area contributed by atoms with Crippen LogP contribution in [-0.4, -0.2) is 17.9 Å². The summed E-state index contributed by atoms with van der Waals surface area (Å²) in [5.74, 6) is 0.793. The molecule has 3 nitrogen and oxygen atoms in total. The Hall–Kier alpha value is -2.03. The molecule has 3 heteroatoms. The number of ether oxygens (including phenoxy) is 1. The van der Waals surface area contributed by atoms with Gasteiger partial charge < -0.3 is 9.72 Å². The van der Waals surface area contributed by atoms with Crippen molar-refractivity contribution >= 4 is 16.7 Å². The Morgan fingerprint density at radius 3 is 2.63 bits per heavy atom. The molecule has 0 fully saturated rings. The molecule has 0 unspecified atom stereocenters. The van der Waals surface area contributed by atoms with Gasteiger partial charge in [-0.15, -0.1) is 0 Å². The molecule has 0 radical (unpaired) electrons. The Morgan fingerprint density at radius 2 is 2.05 bits per heavy atom. The van der Waals surface area contributed by atoms with Crippen LogP contribution >= 0.6 is 0 Å². The molecular formula is C16H19NO2. The van der Waals surface area contributed by atoms with Crippen LogP contribution in [0, 0.1) is 0 Å². The number of carbonyl (C=O) groups excluding carboxylic acids is 1. The molecule has 0 aliphatic rings. The molecule has 1 aromatic carbocycles. The van der Waals surface area contributed by atoms with Crippen LogP contribution in [0.5, 0.6) is 5.75 Å². The summed E-state index contributed by atoms with van der Waals surface area (Å²) in [6.07, 6.45) is 5.02. The van der Waals surface area contributed by atoms with Gasteiger partial charge in [-0.2, -0.15) is 0 Å². The first-order valence-corrected chi connectivity index (χ1v) is 6.35. The lowest BCUT2D eigenvalue weighted by Gasteiger charge is -2.06. The number of nitrogens with one attached hydrogen (secondary N) is 1. The highest BCUT2D eigenvalue weighted by molar-refractivity contribution is 6.01. The van der Waals surface area contributed by atoms with E-state index in [1.165, 1.54) is 11.1 Å². The highest BCUT2D eigenvalue weighted by Crippen LogP contribution is 2.31. The zero-order chi connectivity index (χ0) is 14.0. The number of ketones is 1. The van der Waals surface area contributed by atoms with Crippen LogP contribution < -0.4 is 4.74 Å². The number of rotatable bonds is 4. The summed E-state index contributed by atoms with van der Waals surface area (Å²) in [7, 11) is 1.64. The van der Waals surface area contributed by atoms with Crippen LogP contribution in [0.25, 0.3) is 10.9 Å². The molecule has 0 saturated heterocycles. The van der Waals surface area contributed by atoms with Gasteiger partial charge in [0.1, 0.15) is 5.75 Å². The molecule has 1 heterocycles. The average Bonchev–Trinajstić information content (AvgIpc) is 2.78. The monoisotopic (exact) mass is 257 g/mol. The van der Waals surface area contributed by atoms with Crippen LogP contribution in [0.1, 0.15) is 36.7 Å². The molecule has 19 heavy (non-hydrogen) atoms. The summed E-state index contributed by atoms with van der Waals surface area (Å²) in [6.45, 7) is 5.73. The first-order chi connectivity index (χ1) is 9.02. The standard InChI is InChI=1S/C16H19NO2/c1-10(2)5-6-12-9-17-14-7-13(11(3)18)8-15(19-4)16(12)14/h5,7-9,17H,6H2,1-4H3. The van der Waals surface area contributed by atoms with Gasteiger partial charge in [-0.25, -0.2) is 0 Å². The second kappa shape index (κ2) is 5.31. The molecule has 2 rings (SSSR count). The van der Waals surface area contributed by atoms with E-state index in [9.17, 15) is 4.79 Å². The van der Waals surface area contributed by atoms with Gasteiger partial charge in [0, 0.05) is 17.1 Å². The van der Waals surface area contributed by atoms with E-state index < -0.39 is 0 Å². The lowest BCUT2D eigenvalue weighted by atomic mass is 10.0. The molecule has 1 aromatic heterocycles. The maximum absolute atomic E-state index is 11.5. The summed E-state index contributed by atoms with van der Waals surface area (Å²) >= 11 is 0. The summed E-state index contributed by atoms with van der Waals surface area (Å²) in [4.78, 5) is 14.7. The van der Waals surface area contributed by atoms with E-state index >= 15 is 0 Å². The van der Waals surface area contributed by atoms with Crippen molar-refractivity contribution in [3.05, 3.63) is 41.1 Å². The van der Waals surface area contributed by atoms with Crippen molar-refractivity contribution in [1.29, 1.82) is 0 Å². The van der Waals surface area contributed by atoms with Crippen LogP contribution in [0.3, 0.4) is 0 Å². The van der Waals surface area contributed by atoms with E-state index in [1.807, 2.05) is 18.3 Å². The Balaban J connectivity index is 2.58. The van der Waals surface area contributed by atoms with Gasteiger partial charge >= 0.3 is 0 Å². The van der Waals surface area contributed by atoms with Crippen molar-refractivity contribution in [3.63, 3.8) is 0 Å². The van der Waals surface area contributed by atoms with Crippen molar-refractivity contribution in [2.75, 3.05) is 7.11 Å². The van der Waals surface area contributed by atoms with Crippen LogP contribution in [0.4, 0.5) is 0 Å². The van der Waals surface area contributed by atoms with Gasteiger partial charge in [0.2, 0.25) is 0 Å². The SMILES string of the molecule is COc1cc(C(C)=O)cc2[nH]cc(CC=C(C)C)c12. The molecule has 0 aliphatic heterocycles. The van der Waals surface area contributed by atoms with Gasteiger partial charge in [-0.05, 0) is 44.9 Å². The number of allylic oxidation sites excluding steroid dienone is 2. The Morgan fingerprint density at radius 1 is 1.32 bits per heavy atom. The molecule has 0 spiro atoms. The Kier molecular flexibility index (Phi) is 3.74. The zero-order valence-electron chi connectivity index (χ0n) is 11.8. The molecule has 0 bridgehead atoms. The fourth-order valence-electron chi connectivity index (χ4n) is 2.14. The predicted molar refractivity (Wildman–Crippen MR) is 78.0 cm³/mol. The number of aromatic nitrogens is 1. The fraction of sp³-hybridized carbons (Fsp3) is 0.312. The van der Waals surface area contributed by atoms with Crippen molar-refractivity contribution in [2.24, 2.45) is 0 Å². The van der Waals surface area contributed by atoms with Crippen molar-refractivity contribution in [3.8, 4) is 5.75 Å². The number of hydrogen-bond donors (Lipinski definition) is 1. The smallest absolute Gasteiger partial charge is 0.160 e. The third-order valence-corrected chi connectivity index (χ3v) is 3.18. The lowest BCUT2D eigenvalue weighted by Crippen LogP contribution is -1.94. The van der Waals surface area contributed by atoms with E-state index in [4.69, 9.17) is 4.74 Å². The second-order valence-electron chi connectivity index (χ2n) is 4.96. The molecule has 1 N–H and O–H groups in total. The van der Waals surface area contributed by atoms with E-state index in [0.717, 1.165) is 23.1 Å². The number of aromatic amines is 1. The topological polar surface area (TPSA) is 42.1 Å². The van der Waals surface area contributed by atoms with Gasteiger partial charge in [-0.3, -0.25) is 4.79 Å². The molecule has 2 aromatic rings. The van der Waals surface area contributed by atoms with E-state index in [-0.39, 0.29) is 5.78 Å². The molecule has 0 atom stereocenters. The quantitative estimate of drug-likeness (QED) is 0.667. The maximum Gasteiger partial charge on any atom is 0.160 e. The number of carbonyl (C=O) groups is 1. The van der Waals surface area contributed by atoms with Crippen molar-refractivity contribution in [1.82, 2.24) is 4.98 Å². The van der Waals surface area contributed by atoms with Crippen molar-refractivity contribution in [2.45, 2.75) is 27.2 Å². The van der Waals surface area contributed by atoms with E-state index in [2.05, 4.69) is 24.9 Å². The fourth-order valence-corrected chi connectivity index (χ4v) is 2.14. The maximum atomic E-state index is 11.5. The lowest BCUT2D eigenvalue weighted by molar-refractivity contribution is 0.101. The second-order valence-corrected chi connectivity index (χ2v) is 4.96. The normalized spacial score (nSPS) is 10.5. The van der Waals surface area contributed by atoms with Gasteiger partial charge in [0.25, 0.3) is 0 Å². The summed E-state index contributed by atoms with van der Waals surface area (Å²) in [5, 5.41) is 1.06. The van der Waals surface area contributed by atoms with Gasteiger partial charge in [0.05, 0.1) is 12.6 Å². The minimum Gasteiger partial charge on any atom is -0.496 e. The summed E-state index contributed by atoms with van der Waals surface area (Å²) in [5.41, 5.74) is 4.08. The molecule has 100 valence electrons. The van der Waals surface area contributed by atoms with Crippen LogP contribution in [0.2, 0.25) is 0 Å². The third kappa shape index (κ3) is 2.70. The Labute approximate surface area is 113 Å². The van der Waals surface area contributed by atoms with Gasteiger partial charge in [-0.1, -0.05) is 11.6 Å². The first-order valence-electron chi connectivity index (χ1n) is 6.35. The van der Waals surface area contributed by atoms with Crippen LogP contribution in [0.15, 0.2) is 30.0 Å². The van der Waals surface area contributed by atoms with Gasteiger partial charge in [0.15, 0.2) is 5.78 Å². The van der Waals surface area contributed by atoms with Crippen LogP contribution in [-0.2, 0) is 6.42 Å². The predicted octanol–water partition coefficient (Wildman–Crippen LogP) is 3.89. The number of benzene rings is 1. The highest BCUT2D eigenvalue weighted by atomic mass is 16.5. The number of hydrogen-bond acceptors (Lipinski definition) is 2. The largest absolute Gasteiger partial charge is 0.496 e. The third-order valence-electron chi connectivity index (χ3n) is 3.18. The van der Waals surface area contributed by atoms with E-state index in [1.54, 1.807) is 14.0 Å². The summed E-state index contributed by atoms with van der Waals surface area (Å²) < 4.78 is 5.43. The van der Waals surface area contributed by atoms with E-state index in [0.29, 0.717) is 5.56 Å². The summed E-state index contributed by atoms with van der Waals surface area (Å²) in [6, 6.07) is 3.69. The number of fused-ring (bicyclic) bond motifs is 1. The molecule has 0 aliphatic carbocycles. The zero-order valence-corrected chi connectivity index (χ0v) is 11.8.